The SMILES string of the molecule is CCCC(c1ccccc1)C(N)C(C)C. The average Bonchev–Trinajstić information content (AvgIpc) is 2.26. The van der Waals surface area contributed by atoms with Crippen LogP contribution in [0.2, 0.25) is 0 Å². The number of benzene rings is 1. The molecule has 0 bridgehead atoms. The summed E-state index contributed by atoms with van der Waals surface area (Å²) in [6.07, 6.45) is 2.38. The second-order valence-electron chi connectivity index (χ2n) is 4.63. The van der Waals surface area contributed by atoms with Crippen LogP contribution in [-0.4, -0.2) is 6.04 Å². The lowest BCUT2D eigenvalue weighted by atomic mass is 9.83. The molecule has 2 unspecified atom stereocenters. The standard InChI is InChI=1S/C14H23N/c1-4-8-13(14(15)11(2)3)12-9-6-5-7-10-12/h5-7,9-11,13-14H,4,8,15H2,1-3H3. The average molecular weight is 205 g/mol. The van der Waals surface area contributed by atoms with Crippen LogP contribution in [0.5, 0.6) is 0 Å². The Hall–Kier alpha value is -0.820. The van der Waals surface area contributed by atoms with Crippen LogP contribution < -0.4 is 5.73 Å². The molecule has 0 spiro atoms. The van der Waals surface area contributed by atoms with Gasteiger partial charge in [-0.1, -0.05) is 57.5 Å². The molecule has 2 atom stereocenters. The fourth-order valence-electron chi connectivity index (χ4n) is 2.06. The minimum atomic E-state index is 0.271. The van der Waals surface area contributed by atoms with E-state index in [9.17, 15) is 0 Å². The number of hydrogen-bond donors (Lipinski definition) is 1. The fraction of sp³-hybridized carbons (Fsp3) is 0.571. The number of rotatable bonds is 5. The van der Waals surface area contributed by atoms with Crippen LogP contribution >= 0.6 is 0 Å². The third-order valence-electron chi connectivity index (χ3n) is 3.06. The molecule has 0 saturated carbocycles. The lowest BCUT2D eigenvalue weighted by Gasteiger charge is -2.27. The summed E-state index contributed by atoms with van der Waals surface area (Å²) in [6, 6.07) is 10.9. The van der Waals surface area contributed by atoms with Crippen molar-refractivity contribution in [3.8, 4) is 0 Å². The van der Waals surface area contributed by atoms with E-state index in [-0.39, 0.29) is 6.04 Å². The van der Waals surface area contributed by atoms with Gasteiger partial charge in [0, 0.05) is 6.04 Å². The second-order valence-corrected chi connectivity index (χ2v) is 4.63. The first-order valence-electron chi connectivity index (χ1n) is 5.97. The first kappa shape index (κ1) is 12.3. The van der Waals surface area contributed by atoms with Crippen LogP contribution in [0.15, 0.2) is 30.3 Å². The minimum absolute atomic E-state index is 0.271. The zero-order chi connectivity index (χ0) is 11.3. The molecule has 2 N–H and O–H groups in total. The van der Waals surface area contributed by atoms with Gasteiger partial charge >= 0.3 is 0 Å². The summed E-state index contributed by atoms with van der Waals surface area (Å²) >= 11 is 0. The zero-order valence-electron chi connectivity index (χ0n) is 10.1. The molecule has 1 nitrogen and oxygen atoms in total. The molecule has 0 fully saturated rings. The van der Waals surface area contributed by atoms with Crippen molar-refractivity contribution in [3.05, 3.63) is 35.9 Å². The Morgan fingerprint density at radius 1 is 1.13 bits per heavy atom. The largest absolute Gasteiger partial charge is 0.327 e. The summed E-state index contributed by atoms with van der Waals surface area (Å²) < 4.78 is 0. The molecule has 84 valence electrons. The van der Waals surface area contributed by atoms with Gasteiger partial charge in [-0.3, -0.25) is 0 Å². The highest BCUT2D eigenvalue weighted by molar-refractivity contribution is 5.21. The molecule has 0 aliphatic carbocycles. The van der Waals surface area contributed by atoms with E-state index in [1.165, 1.54) is 18.4 Å². The van der Waals surface area contributed by atoms with Crippen molar-refractivity contribution in [1.82, 2.24) is 0 Å². The van der Waals surface area contributed by atoms with Crippen LogP contribution in [0.4, 0.5) is 0 Å². The van der Waals surface area contributed by atoms with Crippen molar-refractivity contribution in [2.75, 3.05) is 0 Å². The highest BCUT2D eigenvalue weighted by Gasteiger charge is 2.21. The Balaban J connectivity index is 2.83. The summed E-state index contributed by atoms with van der Waals surface area (Å²) in [6.45, 7) is 6.63. The molecular formula is C14H23N. The maximum atomic E-state index is 6.28. The molecule has 0 radical (unpaired) electrons. The molecule has 1 aromatic rings. The van der Waals surface area contributed by atoms with E-state index in [1.807, 2.05) is 0 Å². The van der Waals surface area contributed by atoms with Crippen LogP contribution in [-0.2, 0) is 0 Å². The molecule has 0 aliphatic heterocycles. The Bertz CT molecular complexity index is 266. The van der Waals surface area contributed by atoms with Crippen LogP contribution in [0.25, 0.3) is 0 Å². The van der Waals surface area contributed by atoms with Crippen molar-refractivity contribution in [2.24, 2.45) is 11.7 Å². The number of hydrogen-bond acceptors (Lipinski definition) is 1. The second kappa shape index (κ2) is 5.92. The minimum Gasteiger partial charge on any atom is -0.327 e. The molecule has 1 aromatic carbocycles. The van der Waals surface area contributed by atoms with Crippen LogP contribution in [0, 0.1) is 5.92 Å². The Morgan fingerprint density at radius 3 is 2.20 bits per heavy atom. The first-order valence-corrected chi connectivity index (χ1v) is 5.97. The first-order chi connectivity index (χ1) is 7.16. The van der Waals surface area contributed by atoms with Crippen LogP contribution in [0.1, 0.15) is 45.1 Å². The molecule has 0 amide bonds. The molecular weight excluding hydrogens is 182 g/mol. The molecule has 0 saturated heterocycles. The van der Waals surface area contributed by atoms with E-state index in [0.29, 0.717) is 11.8 Å². The Labute approximate surface area is 93.7 Å². The molecule has 0 aromatic heterocycles. The van der Waals surface area contributed by atoms with Crippen molar-refractivity contribution < 1.29 is 0 Å². The van der Waals surface area contributed by atoms with Gasteiger partial charge in [0.15, 0.2) is 0 Å². The van der Waals surface area contributed by atoms with E-state index in [0.717, 1.165) is 0 Å². The highest BCUT2D eigenvalue weighted by atomic mass is 14.7. The molecule has 1 rings (SSSR count). The number of nitrogens with two attached hydrogens (primary N) is 1. The van der Waals surface area contributed by atoms with Gasteiger partial charge in [0.2, 0.25) is 0 Å². The summed E-state index contributed by atoms with van der Waals surface area (Å²) in [7, 11) is 0. The normalized spacial score (nSPS) is 15.3. The van der Waals surface area contributed by atoms with E-state index >= 15 is 0 Å². The smallest absolute Gasteiger partial charge is 0.0131 e. The van der Waals surface area contributed by atoms with Gasteiger partial charge in [-0.15, -0.1) is 0 Å². The summed E-state index contributed by atoms with van der Waals surface area (Å²) in [4.78, 5) is 0. The predicted octanol–water partition coefficient (Wildman–Crippen LogP) is 3.55. The van der Waals surface area contributed by atoms with E-state index in [2.05, 4.69) is 51.1 Å². The summed E-state index contributed by atoms with van der Waals surface area (Å²) in [5, 5.41) is 0. The maximum absolute atomic E-state index is 6.28. The van der Waals surface area contributed by atoms with Crippen molar-refractivity contribution in [2.45, 2.75) is 45.6 Å². The Kier molecular flexibility index (Phi) is 4.83. The van der Waals surface area contributed by atoms with Gasteiger partial charge in [0.1, 0.15) is 0 Å². The lowest BCUT2D eigenvalue weighted by Crippen LogP contribution is -2.33. The van der Waals surface area contributed by atoms with E-state index in [4.69, 9.17) is 5.73 Å². The third-order valence-corrected chi connectivity index (χ3v) is 3.06. The Morgan fingerprint density at radius 2 is 1.73 bits per heavy atom. The maximum Gasteiger partial charge on any atom is 0.0131 e. The van der Waals surface area contributed by atoms with Crippen molar-refractivity contribution >= 4 is 0 Å². The van der Waals surface area contributed by atoms with Gasteiger partial charge < -0.3 is 5.73 Å². The van der Waals surface area contributed by atoms with E-state index < -0.39 is 0 Å². The summed E-state index contributed by atoms with van der Waals surface area (Å²) in [5.74, 6) is 1.05. The predicted molar refractivity (Wildman–Crippen MR) is 66.9 cm³/mol. The highest BCUT2D eigenvalue weighted by Crippen LogP contribution is 2.27. The van der Waals surface area contributed by atoms with Gasteiger partial charge in [0.05, 0.1) is 0 Å². The van der Waals surface area contributed by atoms with Crippen molar-refractivity contribution in [1.29, 1.82) is 0 Å². The molecule has 0 aliphatic rings. The molecule has 15 heavy (non-hydrogen) atoms. The molecule has 1 heteroatoms. The van der Waals surface area contributed by atoms with E-state index in [1.54, 1.807) is 0 Å². The molecule has 0 heterocycles. The summed E-state index contributed by atoms with van der Waals surface area (Å²) in [5.41, 5.74) is 7.67. The van der Waals surface area contributed by atoms with Crippen LogP contribution in [0.3, 0.4) is 0 Å². The van der Waals surface area contributed by atoms with Gasteiger partial charge in [-0.05, 0) is 23.8 Å². The van der Waals surface area contributed by atoms with Gasteiger partial charge in [0.25, 0.3) is 0 Å². The monoisotopic (exact) mass is 205 g/mol. The van der Waals surface area contributed by atoms with Crippen molar-refractivity contribution in [3.63, 3.8) is 0 Å². The third kappa shape index (κ3) is 3.35. The quantitative estimate of drug-likeness (QED) is 0.781. The zero-order valence-corrected chi connectivity index (χ0v) is 10.1. The fourth-order valence-corrected chi connectivity index (χ4v) is 2.06. The topological polar surface area (TPSA) is 26.0 Å². The lowest BCUT2D eigenvalue weighted by molar-refractivity contribution is 0.397. The van der Waals surface area contributed by atoms with Gasteiger partial charge in [-0.2, -0.15) is 0 Å². The van der Waals surface area contributed by atoms with Gasteiger partial charge in [-0.25, -0.2) is 0 Å².